The summed E-state index contributed by atoms with van der Waals surface area (Å²) < 4.78 is 5.90. The van der Waals surface area contributed by atoms with Gasteiger partial charge in [0.25, 0.3) is 5.91 Å². The molecule has 3 fully saturated rings. The number of piperazine rings is 1. The van der Waals surface area contributed by atoms with E-state index in [-0.39, 0.29) is 11.8 Å². The third-order valence-electron chi connectivity index (χ3n) is 7.30. The first-order chi connectivity index (χ1) is 17.0. The lowest BCUT2D eigenvalue weighted by Crippen LogP contribution is -2.52. The van der Waals surface area contributed by atoms with Gasteiger partial charge in [-0.2, -0.15) is 4.98 Å². The zero-order valence-corrected chi connectivity index (χ0v) is 20.4. The number of primary amides is 1. The van der Waals surface area contributed by atoms with E-state index < -0.39 is 5.91 Å². The predicted octanol–water partition coefficient (Wildman–Crippen LogP) is 1.28. The summed E-state index contributed by atoms with van der Waals surface area (Å²) in [4.78, 5) is 28.1. The van der Waals surface area contributed by atoms with E-state index in [4.69, 9.17) is 10.5 Å². The first kappa shape index (κ1) is 23.8. The summed E-state index contributed by atoms with van der Waals surface area (Å²) >= 11 is 0. The number of carbonyl (C=O) groups excluding carboxylic acids is 1. The Morgan fingerprint density at radius 2 is 1.83 bits per heavy atom. The first-order valence-electron chi connectivity index (χ1n) is 12.6. The molecule has 0 aliphatic carbocycles. The number of likely N-dealkylation sites (N-methyl/N-ethyl adjacent to an activating group) is 1. The highest BCUT2D eigenvalue weighted by Gasteiger charge is 2.27. The van der Waals surface area contributed by atoms with Crippen LogP contribution < -0.4 is 26.0 Å². The molecule has 0 bridgehead atoms. The minimum atomic E-state index is -0.631. The topological polar surface area (TPSA) is 112 Å². The fourth-order valence-electron chi connectivity index (χ4n) is 5.17. The lowest BCUT2D eigenvalue weighted by molar-refractivity contribution is 0.0982. The Kier molecular flexibility index (Phi) is 7.31. The summed E-state index contributed by atoms with van der Waals surface area (Å²) in [6.45, 7) is 8.53. The Morgan fingerprint density at radius 1 is 1.09 bits per heavy atom. The van der Waals surface area contributed by atoms with Crippen molar-refractivity contribution in [3.8, 4) is 5.88 Å². The molecule has 1 atom stereocenters. The number of carbonyl (C=O) groups is 1. The minimum absolute atomic E-state index is 0.0521. The minimum Gasteiger partial charge on any atom is -0.472 e. The molecule has 0 radical (unpaired) electrons. The molecule has 4 N–H and O–H groups in total. The van der Waals surface area contributed by atoms with Gasteiger partial charge in [-0.05, 0) is 57.1 Å². The molecule has 2 aromatic rings. The van der Waals surface area contributed by atoms with Gasteiger partial charge in [-0.1, -0.05) is 0 Å². The molecule has 10 nitrogen and oxygen atoms in total. The molecule has 0 spiro atoms. The van der Waals surface area contributed by atoms with Crippen LogP contribution in [-0.2, 0) is 0 Å². The van der Waals surface area contributed by atoms with Gasteiger partial charge in [0.15, 0.2) is 11.5 Å². The second kappa shape index (κ2) is 10.8. The van der Waals surface area contributed by atoms with Crippen LogP contribution >= 0.6 is 0 Å². The molecule has 5 rings (SSSR count). The number of hydrogen-bond donors (Lipinski definition) is 3. The lowest BCUT2D eigenvalue weighted by Gasteiger charge is -2.42. The molecule has 35 heavy (non-hydrogen) atoms. The number of ether oxygens (including phenoxy) is 1. The molecule has 3 saturated heterocycles. The van der Waals surface area contributed by atoms with Crippen molar-refractivity contribution in [3.05, 3.63) is 36.2 Å². The number of aromatic nitrogens is 2. The molecule has 3 aliphatic rings. The van der Waals surface area contributed by atoms with Gasteiger partial charge in [-0.25, -0.2) is 4.98 Å². The normalized spacial score (nSPS) is 22.3. The van der Waals surface area contributed by atoms with E-state index >= 15 is 0 Å². The summed E-state index contributed by atoms with van der Waals surface area (Å²) in [6.07, 6.45) is 4.82. The van der Waals surface area contributed by atoms with Crippen LogP contribution in [0.5, 0.6) is 5.88 Å². The summed E-state index contributed by atoms with van der Waals surface area (Å²) in [5, 5.41) is 6.46. The van der Waals surface area contributed by atoms with Crippen LogP contribution in [0.3, 0.4) is 0 Å². The van der Waals surface area contributed by atoms with Crippen molar-refractivity contribution in [3.63, 3.8) is 0 Å². The molecular formula is C25H36N8O2. The number of nitrogens with zero attached hydrogens (tertiary/aromatic N) is 5. The van der Waals surface area contributed by atoms with Gasteiger partial charge < -0.3 is 30.9 Å². The van der Waals surface area contributed by atoms with Crippen molar-refractivity contribution >= 4 is 23.1 Å². The zero-order chi connectivity index (χ0) is 24.2. The van der Waals surface area contributed by atoms with Crippen molar-refractivity contribution in [2.45, 2.75) is 31.4 Å². The fourth-order valence-corrected chi connectivity index (χ4v) is 5.17. The van der Waals surface area contributed by atoms with E-state index in [2.05, 4.69) is 54.5 Å². The molecule has 0 saturated carbocycles. The van der Waals surface area contributed by atoms with Gasteiger partial charge in [0.1, 0.15) is 6.10 Å². The highest BCUT2D eigenvalue weighted by molar-refractivity contribution is 5.96. The smallest absolute Gasteiger partial charge is 0.271 e. The summed E-state index contributed by atoms with van der Waals surface area (Å²) in [7, 11) is 2.21. The maximum Gasteiger partial charge on any atom is 0.271 e. The highest BCUT2D eigenvalue weighted by Crippen LogP contribution is 2.27. The van der Waals surface area contributed by atoms with Gasteiger partial charge in [-0.15, -0.1) is 0 Å². The number of nitrogens with one attached hydrogen (secondary N) is 2. The third-order valence-corrected chi connectivity index (χ3v) is 7.30. The number of piperidine rings is 1. The maximum absolute atomic E-state index is 11.9. The number of hydrogen-bond acceptors (Lipinski definition) is 9. The first-order valence-corrected chi connectivity index (χ1v) is 12.6. The number of nitrogens with two attached hydrogens (primary N) is 1. The zero-order valence-electron chi connectivity index (χ0n) is 20.4. The van der Waals surface area contributed by atoms with Crippen LogP contribution in [0.2, 0.25) is 0 Å². The monoisotopic (exact) mass is 480 g/mol. The third kappa shape index (κ3) is 5.83. The van der Waals surface area contributed by atoms with Gasteiger partial charge in [0.05, 0.1) is 6.20 Å². The fraction of sp³-hybridized carbons (Fsp3) is 0.560. The molecule has 1 aromatic carbocycles. The van der Waals surface area contributed by atoms with Crippen molar-refractivity contribution in [2.75, 3.05) is 69.6 Å². The van der Waals surface area contributed by atoms with Crippen molar-refractivity contribution < 1.29 is 9.53 Å². The predicted molar refractivity (Wildman–Crippen MR) is 136 cm³/mol. The summed E-state index contributed by atoms with van der Waals surface area (Å²) in [5.41, 5.74) is 7.65. The van der Waals surface area contributed by atoms with Gasteiger partial charge >= 0.3 is 0 Å². The Morgan fingerprint density at radius 3 is 2.49 bits per heavy atom. The Bertz CT molecular complexity index is 995. The lowest BCUT2D eigenvalue weighted by atomic mass is 10.0. The van der Waals surface area contributed by atoms with Crippen LogP contribution in [0, 0.1) is 0 Å². The second-order valence-corrected chi connectivity index (χ2v) is 9.73. The molecule has 4 heterocycles. The average molecular weight is 481 g/mol. The molecule has 1 aromatic heterocycles. The van der Waals surface area contributed by atoms with E-state index in [0.717, 1.165) is 38.3 Å². The molecular weight excluding hydrogens is 444 g/mol. The molecule has 1 amide bonds. The van der Waals surface area contributed by atoms with Crippen LogP contribution in [0.4, 0.5) is 17.2 Å². The molecule has 3 aliphatic heterocycles. The van der Waals surface area contributed by atoms with E-state index in [1.54, 1.807) is 0 Å². The average Bonchev–Trinajstić information content (AvgIpc) is 3.38. The number of benzene rings is 1. The SMILES string of the molecule is CN1CCN(C2CCN(c3ccc(Nc4nc(O[C@@H]5CCNC5)cnc4C(N)=O)cc3)CC2)CC1. The van der Waals surface area contributed by atoms with Gasteiger partial charge in [0.2, 0.25) is 5.88 Å². The van der Waals surface area contributed by atoms with Crippen LogP contribution in [-0.4, -0.2) is 97.2 Å². The number of amides is 1. The van der Waals surface area contributed by atoms with Crippen molar-refractivity contribution in [2.24, 2.45) is 5.73 Å². The number of rotatable bonds is 7. The van der Waals surface area contributed by atoms with Crippen LogP contribution in [0.25, 0.3) is 0 Å². The highest BCUT2D eigenvalue weighted by atomic mass is 16.5. The van der Waals surface area contributed by atoms with E-state index in [1.807, 2.05) is 12.1 Å². The van der Waals surface area contributed by atoms with Gasteiger partial charge in [0, 0.05) is 63.2 Å². The van der Waals surface area contributed by atoms with Crippen molar-refractivity contribution in [1.82, 2.24) is 25.1 Å². The largest absolute Gasteiger partial charge is 0.472 e. The maximum atomic E-state index is 11.9. The van der Waals surface area contributed by atoms with Crippen LogP contribution in [0.1, 0.15) is 29.8 Å². The Balaban J connectivity index is 1.20. The standard InChI is InChI=1S/C25H36N8O2/c1-31-12-14-33(15-13-31)20-7-10-32(11-8-20)19-4-2-18(3-5-19)29-25-23(24(26)34)28-17-22(30-25)35-21-6-9-27-16-21/h2-5,17,20-21,27H,6-16H2,1H3,(H2,26,34)(H,29,30)/t21-/m1/s1. The molecule has 188 valence electrons. The van der Waals surface area contributed by atoms with E-state index in [1.165, 1.54) is 50.9 Å². The quantitative estimate of drug-likeness (QED) is 0.539. The van der Waals surface area contributed by atoms with Crippen LogP contribution in [0.15, 0.2) is 30.5 Å². The Hall–Kier alpha value is -2.95. The molecule has 0 unspecified atom stereocenters. The van der Waals surface area contributed by atoms with Crippen molar-refractivity contribution in [1.29, 1.82) is 0 Å². The number of anilines is 3. The van der Waals surface area contributed by atoms with E-state index in [9.17, 15) is 4.79 Å². The summed E-state index contributed by atoms with van der Waals surface area (Å²) in [6, 6.07) is 8.92. The Labute approximate surface area is 206 Å². The molecule has 10 heteroatoms. The second-order valence-electron chi connectivity index (χ2n) is 9.73. The van der Waals surface area contributed by atoms with Gasteiger partial charge in [-0.3, -0.25) is 9.69 Å². The summed E-state index contributed by atoms with van der Waals surface area (Å²) in [5.74, 6) is 0.0571. The van der Waals surface area contributed by atoms with E-state index in [0.29, 0.717) is 17.7 Å².